The summed E-state index contributed by atoms with van der Waals surface area (Å²) in [5.74, 6) is 0. The van der Waals surface area contributed by atoms with E-state index in [0.717, 1.165) is 0 Å². The number of hydrogen-bond donors (Lipinski definition) is 2. The van der Waals surface area contributed by atoms with Crippen LogP contribution in [0.1, 0.15) is 13.8 Å². The van der Waals surface area contributed by atoms with Crippen LogP contribution in [0.5, 0.6) is 0 Å². The van der Waals surface area contributed by atoms with Crippen LogP contribution >= 0.6 is 15.9 Å². The molecule has 1 aromatic heterocycles. The predicted molar refractivity (Wildman–Crippen MR) is 64.8 cm³/mol. The van der Waals surface area contributed by atoms with Crippen LogP contribution in [0.25, 0.3) is 0 Å². The van der Waals surface area contributed by atoms with E-state index < -0.39 is 15.4 Å². The third kappa shape index (κ3) is 3.47. The van der Waals surface area contributed by atoms with E-state index in [2.05, 4.69) is 31.0 Å². The molecule has 1 rings (SSSR count). The summed E-state index contributed by atoms with van der Waals surface area (Å²) in [6, 6.07) is 0. The zero-order valence-electron chi connectivity index (χ0n) is 9.81. The Morgan fingerprint density at radius 2 is 2.12 bits per heavy atom. The van der Waals surface area contributed by atoms with Crippen molar-refractivity contribution in [2.75, 3.05) is 13.2 Å². The van der Waals surface area contributed by atoms with Crippen molar-refractivity contribution in [3.8, 4) is 0 Å². The van der Waals surface area contributed by atoms with E-state index >= 15 is 0 Å². The summed E-state index contributed by atoms with van der Waals surface area (Å²) in [6.07, 6.45) is 0. The highest BCUT2D eigenvalue weighted by Gasteiger charge is 2.26. The summed E-state index contributed by atoms with van der Waals surface area (Å²) in [4.78, 5) is 0. The van der Waals surface area contributed by atoms with Crippen LogP contribution in [0.3, 0.4) is 0 Å². The quantitative estimate of drug-likeness (QED) is 0.785. The van der Waals surface area contributed by atoms with Crippen LogP contribution in [-0.2, 0) is 17.1 Å². The van der Waals surface area contributed by atoms with Crippen molar-refractivity contribution in [3.05, 3.63) is 4.60 Å². The van der Waals surface area contributed by atoms with Crippen molar-refractivity contribution in [3.63, 3.8) is 0 Å². The van der Waals surface area contributed by atoms with Crippen molar-refractivity contribution >= 4 is 26.0 Å². The average Bonchev–Trinajstić information content (AvgIpc) is 2.57. The first-order chi connectivity index (χ1) is 7.69. The fourth-order valence-electron chi connectivity index (χ4n) is 1.02. The van der Waals surface area contributed by atoms with Crippen molar-refractivity contribution in [1.82, 2.24) is 19.7 Å². The minimum Gasteiger partial charge on any atom is -0.396 e. The summed E-state index contributed by atoms with van der Waals surface area (Å²) in [5.41, 5.74) is -0.522. The molecule has 1 heterocycles. The molecule has 0 radical (unpaired) electrons. The zero-order chi connectivity index (χ0) is 13.3. The molecule has 1 aromatic rings. The topological polar surface area (TPSA) is 97.1 Å². The van der Waals surface area contributed by atoms with Gasteiger partial charge in [-0.3, -0.25) is 0 Å². The van der Waals surface area contributed by atoms with Gasteiger partial charge in [-0.2, -0.15) is 0 Å². The number of sulfonamides is 1. The van der Waals surface area contributed by atoms with Crippen molar-refractivity contribution in [1.29, 1.82) is 0 Å². The molecule has 0 aliphatic heterocycles. The van der Waals surface area contributed by atoms with E-state index in [9.17, 15) is 8.42 Å². The minimum absolute atomic E-state index is 0.0359. The molecule has 7 nitrogen and oxygen atoms in total. The first-order valence-corrected chi connectivity index (χ1v) is 7.13. The normalized spacial score (nSPS) is 13.0. The van der Waals surface area contributed by atoms with Crippen molar-refractivity contribution in [2.45, 2.75) is 18.9 Å². The average molecular weight is 327 g/mol. The van der Waals surface area contributed by atoms with Crippen LogP contribution in [0.2, 0.25) is 0 Å². The van der Waals surface area contributed by atoms with E-state index in [1.54, 1.807) is 13.8 Å². The molecule has 0 aliphatic carbocycles. The summed E-state index contributed by atoms with van der Waals surface area (Å²) in [5, 5.41) is 16.2. The fourth-order valence-corrected chi connectivity index (χ4v) is 3.35. The van der Waals surface area contributed by atoms with E-state index in [1.165, 1.54) is 11.7 Å². The van der Waals surface area contributed by atoms with E-state index in [4.69, 9.17) is 5.11 Å². The number of nitrogens with zero attached hydrogens (tertiary/aromatic N) is 3. The number of rotatable bonds is 5. The Balaban J connectivity index is 2.91. The van der Waals surface area contributed by atoms with Gasteiger partial charge in [0.25, 0.3) is 10.0 Å². The smallest absolute Gasteiger partial charge is 0.260 e. The molecule has 0 bridgehead atoms. The predicted octanol–water partition coefficient (Wildman–Crippen LogP) is -0.126. The molecular weight excluding hydrogens is 312 g/mol. The van der Waals surface area contributed by atoms with Crippen molar-refractivity contribution < 1.29 is 13.5 Å². The number of aromatic nitrogens is 3. The third-order valence-corrected chi connectivity index (χ3v) is 4.45. The first-order valence-electron chi connectivity index (χ1n) is 4.85. The molecule has 0 aliphatic rings. The molecule has 2 N–H and O–H groups in total. The minimum atomic E-state index is -3.69. The molecule has 17 heavy (non-hydrogen) atoms. The maximum absolute atomic E-state index is 12.0. The SMILES string of the molecule is Cn1nnc(Br)c1S(=O)(=O)NCC(C)(C)CO. The van der Waals surface area contributed by atoms with Crippen LogP contribution < -0.4 is 4.72 Å². The Bertz CT molecular complexity index is 477. The number of nitrogens with one attached hydrogen (secondary N) is 1. The second-order valence-corrected chi connectivity index (χ2v) is 6.89. The summed E-state index contributed by atoms with van der Waals surface area (Å²) in [6.45, 7) is 3.53. The van der Waals surface area contributed by atoms with Gasteiger partial charge in [-0.05, 0) is 15.9 Å². The summed E-state index contributed by atoms with van der Waals surface area (Å²) in [7, 11) is -2.20. The molecule has 0 aromatic carbocycles. The van der Waals surface area contributed by atoms with Gasteiger partial charge in [0.05, 0.1) is 0 Å². The number of aryl methyl sites for hydroxylation is 1. The number of hydrogen-bond acceptors (Lipinski definition) is 5. The number of aliphatic hydroxyl groups excluding tert-OH is 1. The van der Waals surface area contributed by atoms with Gasteiger partial charge in [-0.25, -0.2) is 17.8 Å². The van der Waals surface area contributed by atoms with Crippen molar-refractivity contribution in [2.24, 2.45) is 12.5 Å². The maximum Gasteiger partial charge on any atom is 0.260 e. The second kappa shape index (κ2) is 5.01. The Labute approximate surface area is 108 Å². The van der Waals surface area contributed by atoms with Gasteiger partial charge in [-0.15, -0.1) is 5.10 Å². The lowest BCUT2D eigenvalue weighted by molar-refractivity contribution is 0.163. The van der Waals surface area contributed by atoms with E-state index in [-0.39, 0.29) is 22.8 Å². The number of aliphatic hydroxyl groups is 1. The molecule has 98 valence electrons. The largest absolute Gasteiger partial charge is 0.396 e. The molecule has 0 unspecified atom stereocenters. The lowest BCUT2D eigenvalue weighted by Crippen LogP contribution is -2.36. The molecule has 0 saturated heterocycles. The van der Waals surface area contributed by atoms with Gasteiger partial charge in [-0.1, -0.05) is 19.1 Å². The Hall–Kier alpha value is -0.510. The van der Waals surface area contributed by atoms with Crippen LogP contribution in [0.15, 0.2) is 9.63 Å². The monoisotopic (exact) mass is 326 g/mol. The molecule has 0 spiro atoms. The second-order valence-electron chi connectivity index (χ2n) is 4.46. The van der Waals surface area contributed by atoms with E-state index in [1.807, 2.05) is 0 Å². The Kier molecular flexibility index (Phi) is 4.28. The first kappa shape index (κ1) is 14.6. The summed E-state index contributed by atoms with van der Waals surface area (Å²) >= 11 is 3.03. The zero-order valence-corrected chi connectivity index (χ0v) is 12.2. The molecule has 0 saturated carbocycles. The third-order valence-electron chi connectivity index (χ3n) is 2.16. The Morgan fingerprint density at radius 3 is 2.53 bits per heavy atom. The lowest BCUT2D eigenvalue weighted by Gasteiger charge is -2.21. The summed E-state index contributed by atoms with van der Waals surface area (Å²) < 4.78 is 27.7. The van der Waals surface area contributed by atoms with Gasteiger partial charge in [0, 0.05) is 25.6 Å². The molecule has 0 atom stereocenters. The standard InChI is InChI=1S/C8H15BrN4O3S/c1-8(2,5-14)4-10-17(15,16)7-6(9)11-12-13(7)3/h10,14H,4-5H2,1-3H3. The molecule has 9 heteroatoms. The lowest BCUT2D eigenvalue weighted by atomic mass is 9.96. The fraction of sp³-hybridized carbons (Fsp3) is 0.750. The Morgan fingerprint density at radius 1 is 1.53 bits per heavy atom. The molecule has 0 amide bonds. The van der Waals surface area contributed by atoms with E-state index in [0.29, 0.717) is 0 Å². The highest BCUT2D eigenvalue weighted by atomic mass is 79.9. The van der Waals surface area contributed by atoms with Gasteiger partial charge in [0.1, 0.15) is 0 Å². The van der Waals surface area contributed by atoms with Crippen LogP contribution in [-0.4, -0.2) is 41.7 Å². The van der Waals surface area contributed by atoms with Gasteiger partial charge in [0.2, 0.25) is 5.03 Å². The molecular formula is C8H15BrN4O3S. The van der Waals surface area contributed by atoms with Gasteiger partial charge < -0.3 is 5.11 Å². The van der Waals surface area contributed by atoms with Gasteiger partial charge >= 0.3 is 0 Å². The van der Waals surface area contributed by atoms with Crippen LogP contribution in [0, 0.1) is 5.41 Å². The maximum atomic E-state index is 12.0. The highest BCUT2D eigenvalue weighted by molar-refractivity contribution is 9.10. The van der Waals surface area contributed by atoms with Crippen LogP contribution in [0.4, 0.5) is 0 Å². The highest BCUT2D eigenvalue weighted by Crippen LogP contribution is 2.19. The molecule has 0 fully saturated rings. The van der Waals surface area contributed by atoms with Gasteiger partial charge in [0.15, 0.2) is 4.60 Å². The number of halogens is 1.